The molecule has 2 aromatic carbocycles. The fourth-order valence-corrected chi connectivity index (χ4v) is 3.34. The first-order valence-corrected chi connectivity index (χ1v) is 8.34. The Morgan fingerprint density at radius 2 is 2.00 bits per heavy atom. The molecule has 1 N–H and O–H groups in total. The lowest BCUT2D eigenvalue weighted by Crippen LogP contribution is -2.36. The van der Waals surface area contributed by atoms with Crippen LogP contribution in [0.1, 0.15) is 41.3 Å². The van der Waals surface area contributed by atoms with Crippen LogP contribution in [0, 0.1) is 10.1 Å². The number of carbonyl (C=O) groups excluding carboxylic acids is 1. The zero-order valence-electron chi connectivity index (χ0n) is 13.7. The number of nitro benzene ring substituents is 1. The van der Waals surface area contributed by atoms with Gasteiger partial charge in [0.2, 0.25) is 0 Å². The Hall–Kier alpha value is -2.73. The molecule has 0 radical (unpaired) electrons. The summed E-state index contributed by atoms with van der Waals surface area (Å²) in [7, 11) is 0. The second kappa shape index (κ2) is 7.44. The van der Waals surface area contributed by atoms with Gasteiger partial charge in [0.25, 0.3) is 11.6 Å². The van der Waals surface area contributed by atoms with Crippen molar-refractivity contribution in [2.75, 3.05) is 6.54 Å². The number of nitro groups is 1. The summed E-state index contributed by atoms with van der Waals surface area (Å²) in [5, 5.41) is 21.4. The summed E-state index contributed by atoms with van der Waals surface area (Å²) in [6.07, 6.45) is 1.52. The van der Waals surface area contributed by atoms with Crippen LogP contribution < -0.4 is 0 Å². The van der Waals surface area contributed by atoms with Gasteiger partial charge in [0.05, 0.1) is 11.0 Å². The number of benzene rings is 2. The SMILES string of the molecule is O=C(c1cccc([N+](=O)[O-])c1)N1CCC[C@@H]1C[C@@H](O)c1ccccc1. The average Bonchev–Trinajstić information content (AvgIpc) is 3.10. The van der Waals surface area contributed by atoms with Crippen molar-refractivity contribution >= 4 is 11.6 Å². The zero-order valence-corrected chi connectivity index (χ0v) is 13.7. The standard InChI is InChI=1S/C19H20N2O4/c22-18(14-6-2-1-3-7-14)13-16-10-5-11-20(16)19(23)15-8-4-9-17(12-15)21(24)25/h1-4,6-9,12,16,18,22H,5,10-11,13H2/t16-,18-/m1/s1. The van der Waals surface area contributed by atoms with Gasteiger partial charge in [0.1, 0.15) is 0 Å². The van der Waals surface area contributed by atoms with Crippen LogP contribution in [0.15, 0.2) is 54.6 Å². The van der Waals surface area contributed by atoms with Crippen LogP contribution in [0.3, 0.4) is 0 Å². The highest BCUT2D eigenvalue weighted by Gasteiger charge is 2.31. The maximum Gasteiger partial charge on any atom is 0.270 e. The molecule has 2 aromatic rings. The van der Waals surface area contributed by atoms with Crippen molar-refractivity contribution in [3.05, 3.63) is 75.8 Å². The third kappa shape index (κ3) is 3.85. The number of aliphatic hydroxyl groups is 1. The minimum Gasteiger partial charge on any atom is -0.388 e. The minimum atomic E-state index is -0.635. The van der Waals surface area contributed by atoms with E-state index in [0.717, 1.165) is 18.4 Å². The summed E-state index contributed by atoms with van der Waals surface area (Å²) < 4.78 is 0. The first-order chi connectivity index (χ1) is 12.1. The molecule has 0 aliphatic carbocycles. The van der Waals surface area contributed by atoms with E-state index in [1.54, 1.807) is 11.0 Å². The Morgan fingerprint density at radius 1 is 1.24 bits per heavy atom. The number of rotatable bonds is 5. The molecule has 1 aliphatic rings. The Kier molecular flexibility index (Phi) is 5.09. The molecular formula is C19H20N2O4. The molecule has 0 aromatic heterocycles. The van der Waals surface area contributed by atoms with E-state index in [2.05, 4.69) is 0 Å². The van der Waals surface area contributed by atoms with Crippen LogP contribution >= 0.6 is 0 Å². The number of carbonyl (C=O) groups is 1. The van der Waals surface area contributed by atoms with E-state index >= 15 is 0 Å². The molecule has 2 atom stereocenters. The highest BCUT2D eigenvalue weighted by atomic mass is 16.6. The topological polar surface area (TPSA) is 83.7 Å². The van der Waals surface area contributed by atoms with Crippen LogP contribution in [0.25, 0.3) is 0 Å². The van der Waals surface area contributed by atoms with E-state index < -0.39 is 11.0 Å². The van der Waals surface area contributed by atoms with E-state index in [0.29, 0.717) is 18.5 Å². The third-order valence-electron chi connectivity index (χ3n) is 4.62. The monoisotopic (exact) mass is 340 g/mol. The number of hydrogen-bond acceptors (Lipinski definition) is 4. The quantitative estimate of drug-likeness (QED) is 0.668. The van der Waals surface area contributed by atoms with Crippen LogP contribution in [0.2, 0.25) is 0 Å². The number of nitrogens with zero attached hydrogens (tertiary/aromatic N) is 2. The van der Waals surface area contributed by atoms with Crippen molar-refractivity contribution in [2.24, 2.45) is 0 Å². The maximum absolute atomic E-state index is 12.8. The Balaban J connectivity index is 1.74. The molecule has 1 fully saturated rings. The lowest BCUT2D eigenvalue weighted by molar-refractivity contribution is -0.384. The molecule has 6 nitrogen and oxygen atoms in total. The second-order valence-corrected chi connectivity index (χ2v) is 6.26. The molecule has 1 amide bonds. The summed E-state index contributed by atoms with van der Waals surface area (Å²) in [4.78, 5) is 24.9. The van der Waals surface area contributed by atoms with Gasteiger partial charge in [0.15, 0.2) is 0 Å². The summed E-state index contributed by atoms with van der Waals surface area (Å²) >= 11 is 0. The smallest absolute Gasteiger partial charge is 0.270 e. The predicted octanol–water partition coefficient (Wildman–Crippen LogP) is 3.32. The molecule has 25 heavy (non-hydrogen) atoms. The fourth-order valence-electron chi connectivity index (χ4n) is 3.34. The van der Waals surface area contributed by atoms with Crippen molar-refractivity contribution in [3.8, 4) is 0 Å². The van der Waals surface area contributed by atoms with E-state index in [1.807, 2.05) is 30.3 Å². The largest absolute Gasteiger partial charge is 0.388 e. The number of aliphatic hydroxyl groups excluding tert-OH is 1. The molecule has 130 valence electrons. The van der Waals surface area contributed by atoms with Gasteiger partial charge in [0, 0.05) is 30.3 Å². The van der Waals surface area contributed by atoms with Gasteiger partial charge in [-0.15, -0.1) is 0 Å². The molecule has 1 saturated heterocycles. The van der Waals surface area contributed by atoms with Gasteiger partial charge in [-0.2, -0.15) is 0 Å². The van der Waals surface area contributed by atoms with Crippen molar-refractivity contribution < 1.29 is 14.8 Å². The first-order valence-electron chi connectivity index (χ1n) is 8.34. The minimum absolute atomic E-state index is 0.0676. The molecule has 1 heterocycles. The highest BCUT2D eigenvalue weighted by Crippen LogP contribution is 2.29. The van der Waals surface area contributed by atoms with Crippen LogP contribution in [0.4, 0.5) is 5.69 Å². The maximum atomic E-state index is 12.8. The van der Waals surface area contributed by atoms with Gasteiger partial charge in [-0.1, -0.05) is 36.4 Å². The number of likely N-dealkylation sites (tertiary alicyclic amines) is 1. The fraction of sp³-hybridized carbons (Fsp3) is 0.316. The highest BCUT2D eigenvalue weighted by molar-refractivity contribution is 5.95. The number of non-ortho nitro benzene ring substituents is 1. The molecular weight excluding hydrogens is 320 g/mol. The van der Waals surface area contributed by atoms with Crippen molar-refractivity contribution in [1.82, 2.24) is 4.90 Å². The average molecular weight is 340 g/mol. The molecule has 6 heteroatoms. The van der Waals surface area contributed by atoms with Crippen molar-refractivity contribution in [2.45, 2.75) is 31.4 Å². The normalized spacial score (nSPS) is 18.1. The van der Waals surface area contributed by atoms with E-state index in [9.17, 15) is 20.0 Å². The summed E-state index contributed by atoms with van der Waals surface area (Å²) in [5.41, 5.74) is 1.05. The zero-order chi connectivity index (χ0) is 17.8. The molecule has 0 bridgehead atoms. The molecule has 0 saturated carbocycles. The molecule has 3 rings (SSSR count). The Labute approximate surface area is 145 Å². The van der Waals surface area contributed by atoms with Crippen molar-refractivity contribution in [3.63, 3.8) is 0 Å². The first kappa shape index (κ1) is 17.1. The van der Waals surface area contributed by atoms with Crippen LogP contribution in [-0.4, -0.2) is 33.4 Å². The van der Waals surface area contributed by atoms with E-state index in [-0.39, 0.29) is 17.6 Å². The number of hydrogen-bond donors (Lipinski definition) is 1. The molecule has 0 unspecified atom stereocenters. The predicted molar refractivity (Wildman–Crippen MR) is 93.2 cm³/mol. The summed E-state index contributed by atoms with van der Waals surface area (Å²) in [6.45, 7) is 0.605. The Bertz CT molecular complexity index is 763. The van der Waals surface area contributed by atoms with Gasteiger partial charge < -0.3 is 10.0 Å². The van der Waals surface area contributed by atoms with Crippen LogP contribution in [0.5, 0.6) is 0 Å². The lowest BCUT2D eigenvalue weighted by atomic mass is 10.00. The molecule has 0 spiro atoms. The van der Waals surface area contributed by atoms with E-state index in [1.165, 1.54) is 18.2 Å². The second-order valence-electron chi connectivity index (χ2n) is 6.26. The van der Waals surface area contributed by atoms with Gasteiger partial charge in [-0.25, -0.2) is 0 Å². The summed E-state index contributed by atoms with van der Waals surface area (Å²) in [5.74, 6) is -0.216. The summed E-state index contributed by atoms with van der Waals surface area (Å²) in [6, 6.07) is 15.1. The Morgan fingerprint density at radius 3 is 2.72 bits per heavy atom. The van der Waals surface area contributed by atoms with Gasteiger partial charge in [-0.3, -0.25) is 14.9 Å². The van der Waals surface area contributed by atoms with E-state index in [4.69, 9.17) is 0 Å². The molecule has 1 aliphatic heterocycles. The number of amides is 1. The lowest BCUT2D eigenvalue weighted by Gasteiger charge is -2.27. The van der Waals surface area contributed by atoms with Gasteiger partial charge in [-0.05, 0) is 30.9 Å². The van der Waals surface area contributed by atoms with Crippen LogP contribution in [-0.2, 0) is 0 Å². The van der Waals surface area contributed by atoms with Crippen molar-refractivity contribution in [1.29, 1.82) is 0 Å². The van der Waals surface area contributed by atoms with Gasteiger partial charge >= 0.3 is 0 Å². The third-order valence-corrected chi connectivity index (χ3v) is 4.62.